The molecule has 0 radical (unpaired) electrons. The van der Waals surface area contributed by atoms with Crippen molar-refractivity contribution in [1.82, 2.24) is 10.6 Å². The molecule has 1 aromatic heterocycles. The van der Waals surface area contributed by atoms with Crippen molar-refractivity contribution < 1.29 is 23.1 Å². The molecule has 0 aliphatic heterocycles. The molecule has 0 saturated carbocycles. The van der Waals surface area contributed by atoms with Gasteiger partial charge >= 0.3 is 0 Å². The molecule has 1 heterocycles. The SMILES string of the molecule is CC(=O)NC(Cc1cc(F)cc(F)c1)C(O)CNCc1cc(CC(C)C)ccc1-c1ccco1. The van der Waals surface area contributed by atoms with Crippen LogP contribution in [0.3, 0.4) is 0 Å². The molecule has 0 spiro atoms. The van der Waals surface area contributed by atoms with Crippen LogP contribution in [-0.2, 0) is 24.2 Å². The van der Waals surface area contributed by atoms with Crippen LogP contribution >= 0.6 is 0 Å². The molecule has 0 fully saturated rings. The van der Waals surface area contributed by atoms with Gasteiger partial charge in [0.25, 0.3) is 0 Å². The largest absolute Gasteiger partial charge is 0.464 e. The van der Waals surface area contributed by atoms with Crippen LogP contribution in [0.2, 0.25) is 0 Å². The molecular formula is C27H32F2N2O3. The second-order valence-electron chi connectivity index (χ2n) is 9.05. The van der Waals surface area contributed by atoms with Crippen molar-refractivity contribution in [3.63, 3.8) is 0 Å². The number of aliphatic hydroxyl groups excluding tert-OH is 1. The number of carbonyl (C=O) groups is 1. The van der Waals surface area contributed by atoms with Crippen molar-refractivity contribution in [2.75, 3.05) is 6.54 Å². The van der Waals surface area contributed by atoms with E-state index in [1.807, 2.05) is 18.2 Å². The minimum absolute atomic E-state index is 0.0959. The van der Waals surface area contributed by atoms with E-state index in [-0.39, 0.29) is 18.9 Å². The average molecular weight is 471 g/mol. The van der Waals surface area contributed by atoms with E-state index in [1.54, 1.807) is 6.26 Å². The second-order valence-corrected chi connectivity index (χ2v) is 9.05. The molecular weight excluding hydrogens is 438 g/mol. The molecule has 0 saturated heterocycles. The van der Waals surface area contributed by atoms with Gasteiger partial charge in [-0.05, 0) is 59.7 Å². The fourth-order valence-electron chi connectivity index (χ4n) is 4.09. The Morgan fingerprint density at radius 2 is 1.76 bits per heavy atom. The number of hydrogen-bond acceptors (Lipinski definition) is 4. The Kier molecular flexibility index (Phi) is 8.96. The minimum atomic E-state index is -0.971. The molecule has 3 rings (SSSR count). The zero-order valence-corrected chi connectivity index (χ0v) is 19.8. The molecule has 2 unspecified atom stereocenters. The average Bonchev–Trinajstić information content (AvgIpc) is 3.26. The first kappa shape index (κ1) is 25.6. The van der Waals surface area contributed by atoms with Gasteiger partial charge in [0.1, 0.15) is 17.4 Å². The van der Waals surface area contributed by atoms with Crippen molar-refractivity contribution in [2.45, 2.75) is 52.3 Å². The van der Waals surface area contributed by atoms with Crippen LogP contribution < -0.4 is 10.6 Å². The topological polar surface area (TPSA) is 74.5 Å². The molecule has 0 bridgehead atoms. The Labute approximate surface area is 199 Å². The number of amides is 1. The predicted octanol–water partition coefficient (Wildman–Crippen LogP) is 4.62. The maximum Gasteiger partial charge on any atom is 0.217 e. The Balaban J connectivity index is 1.70. The lowest BCUT2D eigenvalue weighted by molar-refractivity contribution is -0.120. The van der Waals surface area contributed by atoms with Crippen molar-refractivity contribution in [3.05, 3.63) is 83.1 Å². The van der Waals surface area contributed by atoms with Crippen molar-refractivity contribution >= 4 is 5.91 Å². The molecule has 34 heavy (non-hydrogen) atoms. The summed E-state index contributed by atoms with van der Waals surface area (Å²) in [7, 11) is 0. The Bertz CT molecular complexity index is 1060. The molecule has 0 aliphatic rings. The van der Waals surface area contributed by atoms with E-state index in [4.69, 9.17) is 4.42 Å². The van der Waals surface area contributed by atoms with Crippen LogP contribution in [0.5, 0.6) is 0 Å². The van der Waals surface area contributed by atoms with E-state index < -0.39 is 23.8 Å². The Hall–Kier alpha value is -3.03. The highest BCUT2D eigenvalue weighted by atomic mass is 19.1. The summed E-state index contributed by atoms with van der Waals surface area (Å²) < 4.78 is 32.8. The highest BCUT2D eigenvalue weighted by Crippen LogP contribution is 2.26. The first-order valence-electron chi connectivity index (χ1n) is 11.5. The summed E-state index contributed by atoms with van der Waals surface area (Å²) >= 11 is 0. The van der Waals surface area contributed by atoms with Gasteiger partial charge in [-0.15, -0.1) is 0 Å². The molecule has 3 aromatic rings. The van der Waals surface area contributed by atoms with Gasteiger partial charge in [0, 0.05) is 31.6 Å². The summed E-state index contributed by atoms with van der Waals surface area (Å²) in [4.78, 5) is 11.7. The number of nitrogens with one attached hydrogen (secondary N) is 2. The highest BCUT2D eigenvalue weighted by molar-refractivity contribution is 5.73. The van der Waals surface area contributed by atoms with E-state index in [0.29, 0.717) is 18.0 Å². The fraction of sp³-hybridized carbons (Fsp3) is 0.370. The maximum absolute atomic E-state index is 13.6. The quantitative estimate of drug-likeness (QED) is 0.382. The fourth-order valence-corrected chi connectivity index (χ4v) is 4.09. The first-order chi connectivity index (χ1) is 16.2. The van der Waals surface area contributed by atoms with E-state index in [0.717, 1.165) is 29.4 Å². The summed E-state index contributed by atoms with van der Waals surface area (Å²) in [6.45, 7) is 6.33. The number of furan rings is 1. The van der Waals surface area contributed by atoms with Gasteiger partial charge in [-0.2, -0.15) is 0 Å². The van der Waals surface area contributed by atoms with Crippen LogP contribution in [-0.4, -0.2) is 29.7 Å². The number of carbonyl (C=O) groups excluding carboxylic acids is 1. The van der Waals surface area contributed by atoms with E-state index in [2.05, 4.69) is 36.6 Å². The van der Waals surface area contributed by atoms with Gasteiger partial charge in [0.2, 0.25) is 5.91 Å². The predicted molar refractivity (Wildman–Crippen MR) is 128 cm³/mol. The molecule has 2 atom stereocenters. The van der Waals surface area contributed by atoms with Gasteiger partial charge in [-0.25, -0.2) is 8.78 Å². The number of aliphatic hydroxyl groups is 1. The lowest BCUT2D eigenvalue weighted by atomic mass is 9.96. The van der Waals surface area contributed by atoms with Crippen molar-refractivity contribution in [1.29, 1.82) is 0 Å². The first-order valence-corrected chi connectivity index (χ1v) is 11.5. The van der Waals surface area contributed by atoms with E-state index in [9.17, 15) is 18.7 Å². The zero-order valence-electron chi connectivity index (χ0n) is 19.8. The summed E-state index contributed by atoms with van der Waals surface area (Å²) in [5, 5.41) is 16.7. The van der Waals surface area contributed by atoms with Gasteiger partial charge < -0.3 is 20.2 Å². The molecule has 5 nitrogen and oxygen atoms in total. The molecule has 0 aliphatic carbocycles. The van der Waals surface area contributed by atoms with Crippen LogP contribution in [0.1, 0.15) is 37.5 Å². The summed E-state index contributed by atoms with van der Waals surface area (Å²) in [6.07, 6.45) is 1.70. The van der Waals surface area contributed by atoms with Gasteiger partial charge in [0.15, 0.2) is 0 Å². The third-order valence-corrected chi connectivity index (χ3v) is 5.50. The molecule has 182 valence electrons. The lowest BCUT2D eigenvalue weighted by Gasteiger charge is -2.24. The normalized spacial score (nSPS) is 13.1. The number of hydrogen-bond donors (Lipinski definition) is 3. The second kappa shape index (κ2) is 11.9. The monoisotopic (exact) mass is 470 g/mol. The van der Waals surface area contributed by atoms with Crippen LogP contribution in [0.25, 0.3) is 11.3 Å². The highest BCUT2D eigenvalue weighted by Gasteiger charge is 2.21. The smallest absolute Gasteiger partial charge is 0.217 e. The summed E-state index contributed by atoms with van der Waals surface area (Å²) in [5.41, 5.74) is 3.57. The van der Waals surface area contributed by atoms with Gasteiger partial charge in [-0.3, -0.25) is 4.79 Å². The third kappa shape index (κ3) is 7.50. The van der Waals surface area contributed by atoms with Crippen LogP contribution in [0.4, 0.5) is 8.78 Å². The number of halogens is 2. The van der Waals surface area contributed by atoms with Crippen molar-refractivity contribution in [3.8, 4) is 11.3 Å². The Morgan fingerprint density at radius 3 is 2.38 bits per heavy atom. The maximum atomic E-state index is 13.6. The van der Waals surface area contributed by atoms with E-state index in [1.165, 1.54) is 24.6 Å². The third-order valence-electron chi connectivity index (χ3n) is 5.50. The van der Waals surface area contributed by atoms with Crippen molar-refractivity contribution in [2.24, 2.45) is 5.92 Å². The number of rotatable bonds is 11. The summed E-state index contributed by atoms with van der Waals surface area (Å²) in [6, 6.07) is 12.5. The Morgan fingerprint density at radius 1 is 1.03 bits per heavy atom. The molecule has 7 heteroatoms. The number of benzene rings is 2. The van der Waals surface area contributed by atoms with E-state index >= 15 is 0 Å². The lowest BCUT2D eigenvalue weighted by Crippen LogP contribution is -2.48. The standard InChI is InChI=1S/C27H32F2N2O3/c1-17(2)9-19-6-7-24(27-5-4-8-34-27)21(10-19)15-30-16-26(33)25(31-18(3)32)13-20-11-22(28)14-23(29)12-20/h4-8,10-12,14,17,25-26,30,33H,9,13,15-16H2,1-3H3,(H,31,32). The van der Waals surface area contributed by atoms with Crippen LogP contribution in [0, 0.1) is 17.6 Å². The zero-order chi connectivity index (χ0) is 24.7. The molecule has 3 N–H and O–H groups in total. The van der Waals surface area contributed by atoms with Gasteiger partial charge in [-0.1, -0.05) is 32.0 Å². The minimum Gasteiger partial charge on any atom is -0.464 e. The van der Waals surface area contributed by atoms with Crippen LogP contribution in [0.15, 0.2) is 59.2 Å². The van der Waals surface area contributed by atoms with Gasteiger partial charge in [0.05, 0.1) is 18.4 Å². The molecule has 2 aromatic carbocycles. The molecule has 1 amide bonds. The summed E-state index contributed by atoms with van der Waals surface area (Å²) in [5.74, 6) is -0.449.